The zero-order chi connectivity index (χ0) is 15.8. The van der Waals surface area contributed by atoms with E-state index in [0.29, 0.717) is 24.0 Å². The minimum atomic E-state index is -0.196. The first-order chi connectivity index (χ1) is 11.2. The van der Waals surface area contributed by atoms with E-state index in [2.05, 4.69) is 9.97 Å². The maximum absolute atomic E-state index is 12.5. The molecule has 0 unspecified atom stereocenters. The van der Waals surface area contributed by atoms with Gasteiger partial charge in [0.2, 0.25) is 5.91 Å². The molecule has 0 fully saturated rings. The van der Waals surface area contributed by atoms with Crippen molar-refractivity contribution in [2.24, 2.45) is 0 Å². The van der Waals surface area contributed by atoms with Crippen LogP contribution in [0.15, 0.2) is 53.7 Å². The summed E-state index contributed by atoms with van der Waals surface area (Å²) in [6.45, 7) is 1.02. The monoisotopic (exact) mass is 306 g/mol. The highest BCUT2D eigenvalue weighted by molar-refractivity contribution is 5.79. The van der Waals surface area contributed by atoms with Crippen LogP contribution in [0.2, 0.25) is 0 Å². The standard InChI is InChI=1S/C17H14N4O2/c22-16(20-8-12-4-3-7-18-15(12)9-20)10-21-11-19-14-6-2-1-5-13(14)17(21)23/h1-7,11H,8-10H2. The third kappa shape index (κ3) is 2.38. The largest absolute Gasteiger partial charge is 0.331 e. The number of rotatable bonds is 2. The van der Waals surface area contributed by atoms with E-state index in [4.69, 9.17) is 0 Å². The first-order valence-electron chi connectivity index (χ1n) is 7.37. The lowest BCUT2D eigenvalue weighted by Gasteiger charge is -2.16. The van der Waals surface area contributed by atoms with Crippen molar-refractivity contribution >= 4 is 16.8 Å². The zero-order valence-electron chi connectivity index (χ0n) is 12.3. The van der Waals surface area contributed by atoms with Gasteiger partial charge in [0.1, 0.15) is 6.54 Å². The molecule has 1 amide bonds. The van der Waals surface area contributed by atoms with Crippen LogP contribution < -0.4 is 5.56 Å². The second-order valence-corrected chi connectivity index (χ2v) is 5.55. The van der Waals surface area contributed by atoms with Crippen molar-refractivity contribution in [3.63, 3.8) is 0 Å². The number of nitrogens with zero attached hydrogens (tertiary/aromatic N) is 4. The summed E-state index contributed by atoms with van der Waals surface area (Å²) in [5.41, 5.74) is 2.42. The minimum absolute atomic E-state index is 0.00927. The lowest BCUT2D eigenvalue weighted by Crippen LogP contribution is -2.33. The molecule has 0 radical (unpaired) electrons. The Bertz CT molecular complexity index is 939. The summed E-state index contributed by atoms with van der Waals surface area (Å²) < 4.78 is 1.36. The Balaban J connectivity index is 1.58. The van der Waals surface area contributed by atoms with Crippen molar-refractivity contribution in [1.29, 1.82) is 0 Å². The molecule has 0 bridgehead atoms. The molecule has 0 spiro atoms. The van der Waals surface area contributed by atoms with Gasteiger partial charge in [-0.05, 0) is 23.8 Å². The summed E-state index contributed by atoms with van der Waals surface area (Å²) in [4.78, 5) is 35.2. The Morgan fingerprint density at radius 3 is 2.83 bits per heavy atom. The van der Waals surface area contributed by atoms with E-state index < -0.39 is 0 Å². The zero-order valence-corrected chi connectivity index (χ0v) is 12.3. The van der Waals surface area contributed by atoms with Gasteiger partial charge in [-0.3, -0.25) is 19.1 Å². The number of hydrogen-bond acceptors (Lipinski definition) is 4. The maximum Gasteiger partial charge on any atom is 0.261 e. The van der Waals surface area contributed by atoms with Gasteiger partial charge in [-0.15, -0.1) is 0 Å². The van der Waals surface area contributed by atoms with Crippen LogP contribution >= 0.6 is 0 Å². The highest BCUT2D eigenvalue weighted by Gasteiger charge is 2.24. The lowest BCUT2D eigenvalue weighted by molar-refractivity contribution is -0.132. The average molecular weight is 306 g/mol. The van der Waals surface area contributed by atoms with E-state index in [1.54, 1.807) is 29.3 Å². The molecular formula is C17H14N4O2. The van der Waals surface area contributed by atoms with Crippen molar-refractivity contribution in [3.05, 3.63) is 70.5 Å². The summed E-state index contributed by atoms with van der Waals surface area (Å²) in [6.07, 6.45) is 3.16. The third-order valence-corrected chi connectivity index (χ3v) is 4.08. The van der Waals surface area contributed by atoms with Crippen LogP contribution in [-0.4, -0.2) is 25.3 Å². The Morgan fingerprint density at radius 1 is 1.09 bits per heavy atom. The summed E-state index contributed by atoms with van der Waals surface area (Å²) in [7, 11) is 0. The molecule has 3 heterocycles. The normalized spacial score (nSPS) is 13.3. The Morgan fingerprint density at radius 2 is 1.96 bits per heavy atom. The average Bonchev–Trinajstić information content (AvgIpc) is 3.02. The van der Waals surface area contributed by atoms with Gasteiger partial charge in [0.05, 0.1) is 29.5 Å². The molecule has 1 aliphatic rings. The van der Waals surface area contributed by atoms with Gasteiger partial charge in [-0.25, -0.2) is 4.98 Å². The van der Waals surface area contributed by atoms with Gasteiger partial charge in [0.15, 0.2) is 0 Å². The van der Waals surface area contributed by atoms with Gasteiger partial charge in [-0.2, -0.15) is 0 Å². The first kappa shape index (κ1) is 13.6. The van der Waals surface area contributed by atoms with Gasteiger partial charge in [0, 0.05) is 12.7 Å². The number of para-hydroxylation sites is 1. The summed E-state index contributed by atoms with van der Waals surface area (Å²) in [6, 6.07) is 11.0. The predicted octanol–water partition coefficient (Wildman–Crippen LogP) is 1.33. The molecule has 4 rings (SSSR count). The lowest BCUT2D eigenvalue weighted by atomic mass is 10.2. The number of fused-ring (bicyclic) bond motifs is 2. The molecule has 0 atom stereocenters. The molecule has 23 heavy (non-hydrogen) atoms. The Kier molecular flexibility index (Phi) is 3.15. The molecular weight excluding hydrogens is 292 g/mol. The topological polar surface area (TPSA) is 68.1 Å². The van der Waals surface area contributed by atoms with Gasteiger partial charge in [0.25, 0.3) is 5.56 Å². The van der Waals surface area contributed by atoms with Gasteiger partial charge in [-0.1, -0.05) is 18.2 Å². The maximum atomic E-state index is 12.5. The van der Waals surface area contributed by atoms with Gasteiger partial charge < -0.3 is 4.90 Å². The van der Waals surface area contributed by atoms with E-state index in [1.165, 1.54) is 10.9 Å². The summed E-state index contributed by atoms with van der Waals surface area (Å²) >= 11 is 0. The molecule has 0 saturated carbocycles. The third-order valence-electron chi connectivity index (χ3n) is 4.08. The van der Waals surface area contributed by atoms with E-state index >= 15 is 0 Å². The van der Waals surface area contributed by atoms with Crippen LogP contribution in [0.5, 0.6) is 0 Å². The molecule has 6 heteroatoms. The number of carbonyl (C=O) groups excluding carboxylic acids is 1. The number of amides is 1. The van der Waals surface area contributed by atoms with E-state index in [1.807, 2.05) is 18.2 Å². The molecule has 2 aromatic heterocycles. The molecule has 0 N–H and O–H groups in total. The van der Waals surface area contributed by atoms with E-state index in [-0.39, 0.29) is 18.0 Å². The van der Waals surface area contributed by atoms with Gasteiger partial charge >= 0.3 is 0 Å². The van der Waals surface area contributed by atoms with Crippen molar-refractivity contribution < 1.29 is 4.79 Å². The Hall–Kier alpha value is -3.02. The van der Waals surface area contributed by atoms with Crippen LogP contribution in [0.25, 0.3) is 10.9 Å². The number of aromatic nitrogens is 3. The molecule has 0 saturated heterocycles. The summed E-state index contributed by atoms with van der Waals surface area (Å²) in [5.74, 6) is -0.109. The van der Waals surface area contributed by atoms with Crippen molar-refractivity contribution in [2.45, 2.75) is 19.6 Å². The molecule has 1 aromatic carbocycles. The second kappa shape index (κ2) is 5.31. The fourth-order valence-corrected chi connectivity index (χ4v) is 2.84. The highest BCUT2D eigenvalue weighted by Crippen LogP contribution is 2.20. The SMILES string of the molecule is O=C(Cn1cnc2ccccc2c1=O)N1Cc2cccnc2C1. The van der Waals surface area contributed by atoms with E-state index in [0.717, 1.165) is 11.3 Å². The van der Waals surface area contributed by atoms with Crippen LogP contribution in [-0.2, 0) is 24.4 Å². The first-order valence-corrected chi connectivity index (χ1v) is 7.37. The van der Waals surface area contributed by atoms with E-state index in [9.17, 15) is 9.59 Å². The van der Waals surface area contributed by atoms with Crippen LogP contribution in [0.1, 0.15) is 11.3 Å². The van der Waals surface area contributed by atoms with Crippen LogP contribution in [0.3, 0.4) is 0 Å². The number of pyridine rings is 1. The van der Waals surface area contributed by atoms with Crippen molar-refractivity contribution in [3.8, 4) is 0 Å². The molecule has 114 valence electrons. The summed E-state index contributed by atoms with van der Waals surface area (Å²) in [5, 5.41) is 0.522. The smallest absolute Gasteiger partial charge is 0.261 e. The highest BCUT2D eigenvalue weighted by atomic mass is 16.2. The molecule has 6 nitrogen and oxygen atoms in total. The molecule has 3 aromatic rings. The van der Waals surface area contributed by atoms with Crippen molar-refractivity contribution in [1.82, 2.24) is 19.4 Å². The molecule has 0 aliphatic carbocycles. The van der Waals surface area contributed by atoms with Crippen LogP contribution in [0, 0.1) is 0 Å². The quantitative estimate of drug-likeness (QED) is 0.716. The molecule has 1 aliphatic heterocycles. The number of benzene rings is 1. The van der Waals surface area contributed by atoms with Crippen LogP contribution in [0.4, 0.5) is 0 Å². The van der Waals surface area contributed by atoms with Crippen molar-refractivity contribution in [2.75, 3.05) is 0 Å². The second-order valence-electron chi connectivity index (χ2n) is 5.55. The minimum Gasteiger partial charge on any atom is -0.331 e. The Labute approximate surface area is 132 Å². The number of carbonyl (C=O) groups is 1. The fraction of sp³-hybridized carbons (Fsp3) is 0.176. The number of hydrogen-bond donors (Lipinski definition) is 0. The predicted molar refractivity (Wildman–Crippen MR) is 84.5 cm³/mol. The fourth-order valence-electron chi connectivity index (χ4n) is 2.84.